The number of carbonyl (C=O) groups excluding carboxylic acids is 2. The maximum absolute atomic E-state index is 13.2. The maximum Gasteiger partial charge on any atom is 0.242 e. The van der Waals surface area contributed by atoms with Gasteiger partial charge in [-0.25, -0.2) is 4.39 Å². The van der Waals surface area contributed by atoms with Gasteiger partial charge in [0.2, 0.25) is 11.8 Å². The number of hydrogen-bond donors (Lipinski definition) is 1. The minimum absolute atomic E-state index is 0.0686. The number of benzene rings is 2. The molecule has 0 aliphatic carbocycles. The Labute approximate surface area is 181 Å². The summed E-state index contributed by atoms with van der Waals surface area (Å²) in [5.74, 6) is -0.776. The molecule has 0 aliphatic rings. The number of carbonyl (C=O) groups is 2. The van der Waals surface area contributed by atoms with Gasteiger partial charge in [0.05, 0.1) is 16.5 Å². The van der Waals surface area contributed by atoms with E-state index in [0.29, 0.717) is 28.6 Å². The van der Waals surface area contributed by atoms with Crippen molar-refractivity contribution in [2.24, 2.45) is 0 Å². The number of halogens is 3. The second kappa shape index (κ2) is 11.2. The van der Waals surface area contributed by atoms with E-state index in [0.717, 1.165) is 12.0 Å². The van der Waals surface area contributed by atoms with Gasteiger partial charge >= 0.3 is 0 Å². The van der Waals surface area contributed by atoms with Crippen molar-refractivity contribution in [1.82, 2.24) is 10.2 Å². The molecule has 1 N–H and O–H groups in total. The average Bonchev–Trinajstić information content (AvgIpc) is 2.70. The zero-order valence-corrected chi connectivity index (χ0v) is 18.1. The van der Waals surface area contributed by atoms with Crippen LogP contribution in [0.4, 0.5) is 4.39 Å². The molecule has 0 saturated carbocycles. The summed E-state index contributed by atoms with van der Waals surface area (Å²) in [6.45, 7) is 4.59. The van der Waals surface area contributed by atoms with Crippen LogP contribution in [0.5, 0.6) is 0 Å². The zero-order valence-electron chi connectivity index (χ0n) is 16.6. The first-order valence-corrected chi connectivity index (χ1v) is 10.4. The fourth-order valence-electron chi connectivity index (χ4n) is 3.00. The van der Waals surface area contributed by atoms with Gasteiger partial charge in [0.1, 0.15) is 11.9 Å². The zero-order chi connectivity index (χ0) is 21.4. The molecule has 7 heteroatoms. The van der Waals surface area contributed by atoms with E-state index in [1.165, 1.54) is 12.1 Å². The van der Waals surface area contributed by atoms with Crippen LogP contribution in [0.3, 0.4) is 0 Å². The Morgan fingerprint density at radius 1 is 1.03 bits per heavy atom. The lowest BCUT2D eigenvalue weighted by molar-refractivity contribution is -0.140. The van der Waals surface area contributed by atoms with Crippen LogP contribution in [0.15, 0.2) is 42.5 Å². The molecule has 2 aromatic carbocycles. The molecule has 0 spiro atoms. The van der Waals surface area contributed by atoms with Crippen molar-refractivity contribution >= 4 is 35.0 Å². The van der Waals surface area contributed by atoms with Crippen molar-refractivity contribution in [3.05, 3.63) is 69.5 Å². The van der Waals surface area contributed by atoms with Gasteiger partial charge in [-0.15, -0.1) is 0 Å². The van der Waals surface area contributed by atoms with Crippen LogP contribution in [-0.4, -0.2) is 29.3 Å². The van der Waals surface area contributed by atoms with Crippen LogP contribution in [0, 0.1) is 5.82 Å². The van der Waals surface area contributed by atoms with E-state index in [2.05, 4.69) is 5.32 Å². The Bertz CT molecular complexity index is 843. The normalized spacial score (nSPS) is 11.8. The third-order valence-electron chi connectivity index (χ3n) is 4.54. The molecule has 1 atom stereocenters. The lowest BCUT2D eigenvalue weighted by atomic mass is 10.1. The predicted molar refractivity (Wildman–Crippen MR) is 114 cm³/mol. The van der Waals surface area contributed by atoms with Crippen LogP contribution < -0.4 is 5.32 Å². The van der Waals surface area contributed by atoms with Crippen molar-refractivity contribution < 1.29 is 14.0 Å². The number of hydrogen-bond acceptors (Lipinski definition) is 2. The second-order valence-electron chi connectivity index (χ2n) is 6.79. The first-order valence-electron chi connectivity index (χ1n) is 9.61. The molecule has 0 radical (unpaired) electrons. The summed E-state index contributed by atoms with van der Waals surface area (Å²) >= 11 is 12.1. The Balaban J connectivity index is 2.28. The monoisotopic (exact) mass is 438 g/mol. The minimum Gasteiger partial charge on any atom is -0.354 e. The van der Waals surface area contributed by atoms with Crippen LogP contribution in [-0.2, 0) is 22.6 Å². The van der Waals surface area contributed by atoms with Crippen LogP contribution in [0.2, 0.25) is 10.0 Å². The summed E-state index contributed by atoms with van der Waals surface area (Å²) in [6.07, 6.45) is 1.34. The molecule has 0 fully saturated rings. The second-order valence-corrected chi connectivity index (χ2v) is 7.60. The van der Waals surface area contributed by atoms with E-state index >= 15 is 0 Å². The molecule has 0 unspecified atom stereocenters. The van der Waals surface area contributed by atoms with E-state index in [4.69, 9.17) is 23.2 Å². The molecule has 0 saturated heterocycles. The Kier molecular flexibility index (Phi) is 8.93. The molecule has 2 amide bonds. The highest BCUT2D eigenvalue weighted by atomic mass is 35.5. The van der Waals surface area contributed by atoms with Crippen molar-refractivity contribution in [3.8, 4) is 0 Å². The van der Waals surface area contributed by atoms with Gasteiger partial charge in [-0.3, -0.25) is 9.59 Å². The summed E-state index contributed by atoms with van der Waals surface area (Å²) < 4.78 is 13.2. The van der Waals surface area contributed by atoms with Crippen molar-refractivity contribution in [2.45, 2.75) is 45.7 Å². The standard InChI is InChI=1S/C22H25Cl2FN2O2/c1-3-11-26-22(29)20(4-2)27(14-16-7-10-18(23)19(24)12-16)21(28)13-15-5-8-17(25)9-6-15/h5-10,12,20H,3-4,11,13-14H2,1-2H3,(H,26,29)/t20-/m1/s1. The fraction of sp³-hybridized carbons (Fsp3) is 0.364. The van der Waals surface area contributed by atoms with Crippen LogP contribution in [0.1, 0.15) is 37.8 Å². The fourth-order valence-corrected chi connectivity index (χ4v) is 3.32. The molecule has 4 nitrogen and oxygen atoms in total. The van der Waals surface area contributed by atoms with E-state index in [1.54, 1.807) is 35.2 Å². The minimum atomic E-state index is -0.621. The molecule has 2 aromatic rings. The summed E-state index contributed by atoms with van der Waals surface area (Å²) in [7, 11) is 0. The molecule has 156 valence electrons. The first kappa shape index (κ1) is 23.2. The Morgan fingerprint density at radius 2 is 1.69 bits per heavy atom. The third kappa shape index (κ3) is 6.72. The molecule has 0 heterocycles. The van der Waals surface area contributed by atoms with Gasteiger partial charge in [-0.05, 0) is 48.2 Å². The highest BCUT2D eigenvalue weighted by Gasteiger charge is 2.28. The molecule has 0 bridgehead atoms. The van der Waals surface area contributed by atoms with Gasteiger partial charge in [0.15, 0.2) is 0 Å². The lowest BCUT2D eigenvalue weighted by Gasteiger charge is -2.31. The smallest absolute Gasteiger partial charge is 0.242 e. The van der Waals surface area contributed by atoms with E-state index < -0.39 is 6.04 Å². The molecule has 0 aliphatic heterocycles. The number of rotatable bonds is 9. The molecular formula is C22H25Cl2FN2O2. The quantitative estimate of drug-likeness (QED) is 0.597. The summed E-state index contributed by atoms with van der Waals surface area (Å²) in [6, 6.07) is 10.3. The average molecular weight is 439 g/mol. The van der Waals surface area contributed by atoms with Gasteiger partial charge < -0.3 is 10.2 Å². The van der Waals surface area contributed by atoms with E-state index in [9.17, 15) is 14.0 Å². The highest BCUT2D eigenvalue weighted by molar-refractivity contribution is 6.42. The summed E-state index contributed by atoms with van der Waals surface area (Å²) in [5, 5.41) is 3.68. The number of nitrogens with zero attached hydrogens (tertiary/aromatic N) is 1. The SMILES string of the molecule is CCCNC(=O)[C@@H](CC)N(Cc1ccc(Cl)c(Cl)c1)C(=O)Cc1ccc(F)cc1. The molecule has 0 aromatic heterocycles. The Hall–Kier alpha value is -2.11. The first-order chi connectivity index (χ1) is 13.8. The van der Waals surface area contributed by atoms with Gasteiger partial charge in [-0.2, -0.15) is 0 Å². The molecule has 29 heavy (non-hydrogen) atoms. The van der Waals surface area contributed by atoms with Crippen LogP contribution >= 0.6 is 23.2 Å². The van der Waals surface area contributed by atoms with Gasteiger partial charge in [-0.1, -0.05) is 55.2 Å². The number of amides is 2. The third-order valence-corrected chi connectivity index (χ3v) is 5.28. The van der Waals surface area contributed by atoms with Gasteiger partial charge in [0, 0.05) is 13.1 Å². The topological polar surface area (TPSA) is 49.4 Å². The largest absolute Gasteiger partial charge is 0.354 e. The summed E-state index contributed by atoms with van der Waals surface area (Å²) in [4.78, 5) is 27.4. The van der Waals surface area contributed by atoms with Crippen molar-refractivity contribution in [2.75, 3.05) is 6.54 Å². The summed E-state index contributed by atoms with van der Waals surface area (Å²) in [5.41, 5.74) is 1.45. The highest BCUT2D eigenvalue weighted by Crippen LogP contribution is 2.24. The molecule has 2 rings (SSSR count). The number of nitrogens with one attached hydrogen (secondary N) is 1. The molecular weight excluding hydrogens is 414 g/mol. The van der Waals surface area contributed by atoms with Gasteiger partial charge in [0.25, 0.3) is 0 Å². The maximum atomic E-state index is 13.2. The van der Waals surface area contributed by atoms with Crippen molar-refractivity contribution in [1.29, 1.82) is 0 Å². The van der Waals surface area contributed by atoms with Crippen LogP contribution in [0.25, 0.3) is 0 Å². The predicted octanol–water partition coefficient (Wildman–Crippen LogP) is 5.01. The Morgan fingerprint density at radius 3 is 2.28 bits per heavy atom. The lowest BCUT2D eigenvalue weighted by Crippen LogP contribution is -2.49. The van der Waals surface area contributed by atoms with E-state index in [1.807, 2.05) is 13.8 Å². The van der Waals surface area contributed by atoms with E-state index in [-0.39, 0.29) is 30.6 Å². The van der Waals surface area contributed by atoms with Crippen molar-refractivity contribution in [3.63, 3.8) is 0 Å².